The lowest BCUT2D eigenvalue weighted by molar-refractivity contribution is -0.121. The number of hydrogen-bond donors (Lipinski definition) is 3. The van der Waals surface area contributed by atoms with Crippen molar-refractivity contribution >= 4 is 23.2 Å². The summed E-state index contributed by atoms with van der Waals surface area (Å²) in [4.78, 5) is 24.8. The molecule has 0 aromatic heterocycles. The molecule has 5 heteroatoms. The number of rotatable bonds is 7. The summed E-state index contributed by atoms with van der Waals surface area (Å²) >= 11 is 0. The Hall–Kier alpha value is -3.60. The van der Waals surface area contributed by atoms with Gasteiger partial charge < -0.3 is 16.4 Å². The number of benzene rings is 3. The van der Waals surface area contributed by atoms with E-state index in [-0.39, 0.29) is 17.9 Å². The van der Waals surface area contributed by atoms with Crippen molar-refractivity contribution in [3.63, 3.8) is 0 Å². The van der Waals surface area contributed by atoms with Crippen LogP contribution in [-0.2, 0) is 4.79 Å². The third kappa shape index (κ3) is 5.23. The molecular formula is C24H25N3O2. The van der Waals surface area contributed by atoms with Gasteiger partial charge in [0.2, 0.25) is 5.91 Å². The van der Waals surface area contributed by atoms with Crippen molar-refractivity contribution in [3.8, 4) is 0 Å². The van der Waals surface area contributed by atoms with Gasteiger partial charge in [-0.25, -0.2) is 0 Å². The second kappa shape index (κ2) is 9.55. The first-order valence-corrected chi connectivity index (χ1v) is 9.68. The van der Waals surface area contributed by atoms with Crippen LogP contribution in [-0.4, -0.2) is 11.8 Å². The molecule has 0 fully saturated rings. The van der Waals surface area contributed by atoms with E-state index in [1.807, 2.05) is 61.5 Å². The quantitative estimate of drug-likeness (QED) is 0.521. The zero-order chi connectivity index (χ0) is 20.6. The standard InChI is InChI=1S/C24H25N3O2/c1-2-8-22(28)27-23(17-9-4-3-5-10-17)18-13-15-19(16-14-18)24(29)26-21-12-7-6-11-20(21)25/h3-7,9-16,23H,2,8,25H2,1H3,(H,26,29)(H,27,28). The number of carbonyl (C=O) groups is 2. The predicted octanol–water partition coefficient (Wildman–Crippen LogP) is 4.53. The summed E-state index contributed by atoms with van der Waals surface area (Å²) in [7, 11) is 0. The lowest BCUT2D eigenvalue weighted by Gasteiger charge is -2.20. The van der Waals surface area contributed by atoms with Gasteiger partial charge in [0.25, 0.3) is 5.91 Å². The molecule has 1 unspecified atom stereocenters. The summed E-state index contributed by atoms with van der Waals surface area (Å²) in [6.45, 7) is 1.98. The van der Waals surface area contributed by atoms with Crippen molar-refractivity contribution in [2.45, 2.75) is 25.8 Å². The molecule has 3 rings (SSSR count). The molecule has 0 radical (unpaired) electrons. The number of carbonyl (C=O) groups excluding carboxylic acids is 2. The van der Waals surface area contributed by atoms with Gasteiger partial charge in [0, 0.05) is 12.0 Å². The number of para-hydroxylation sites is 2. The SMILES string of the molecule is CCCC(=O)NC(c1ccccc1)c1ccc(C(=O)Nc2ccccc2N)cc1. The zero-order valence-corrected chi connectivity index (χ0v) is 16.4. The first-order chi connectivity index (χ1) is 14.1. The van der Waals surface area contributed by atoms with E-state index in [1.54, 1.807) is 24.3 Å². The molecule has 0 aliphatic rings. The molecule has 3 aromatic rings. The average molecular weight is 387 g/mol. The molecule has 0 aliphatic carbocycles. The molecule has 0 saturated carbocycles. The molecular weight excluding hydrogens is 362 g/mol. The van der Waals surface area contributed by atoms with Crippen molar-refractivity contribution in [2.24, 2.45) is 0 Å². The first kappa shape index (κ1) is 20.1. The van der Waals surface area contributed by atoms with Crippen molar-refractivity contribution < 1.29 is 9.59 Å². The van der Waals surface area contributed by atoms with Gasteiger partial charge in [0.1, 0.15) is 0 Å². The minimum absolute atomic E-state index is 0.00252. The fraction of sp³-hybridized carbons (Fsp3) is 0.167. The van der Waals surface area contributed by atoms with Crippen LogP contribution in [0.15, 0.2) is 78.9 Å². The molecule has 4 N–H and O–H groups in total. The van der Waals surface area contributed by atoms with Crippen LogP contribution < -0.4 is 16.4 Å². The summed E-state index contributed by atoms with van der Waals surface area (Å²) < 4.78 is 0. The Morgan fingerprint density at radius 2 is 1.48 bits per heavy atom. The van der Waals surface area contributed by atoms with Crippen molar-refractivity contribution in [3.05, 3.63) is 95.6 Å². The highest BCUT2D eigenvalue weighted by Crippen LogP contribution is 2.23. The topological polar surface area (TPSA) is 84.2 Å². The van der Waals surface area contributed by atoms with Gasteiger partial charge >= 0.3 is 0 Å². The van der Waals surface area contributed by atoms with E-state index in [2.05, 4.69) is 10.6 Å². The lowest BCUT2D eigenvalue weighted by Crippen LogP contribution is -2.29. The maximum absolute atomic E-state index is 12.5. The van der Waals surface area contributed by atoms with Gasteiger partial charge in [-0.2, -0.15) is 0 Å². The molecule has 1 atom stereocenters. The summed E-state index contributed by atoms with van der Waals surface area (Å²) in [6.07, 6.45) is 1.26. The monoisotopic (exact) mass is 387 g/mol. The van der Waals surface area contributed by atoms with Crippen LogP contribution >= 0.6 is 0 Å². The second-order valence-corrected chi connectivity index (χ2v) is 6.82. The van der Waals surface area contributed by atoms with Gasteiger partial charge in [0.05, 0.1) is 17.4 Å². The Morgan fingerprint density at radius 1 is 0.862 bits per heavy atom. The molecule has 148 valence electrons. The minimum atomic E-state index is -0.267. The molecule has 3 aromatic carbocycles. The molecule has 0 bridgehead atoms. The third-order valence-electron chi connectivity index (χ3n) is 4.63. The van der Waals surface area contributed by atoms with Crippen LogP contribution in [0, 0.1) is 0 Å². The van der Waals surface area contributed by atoms with E-state index < -0.39 is 0 Å². The van der Waals surface area contributed by atoms with Crippen LogP contribution in [0.4, 0.5) is 11.4 Å². The van der Waals surface area contributed by atoms with Gasteiger partial charge in [-0.3, -0.25) is 9.59 Å². The average Bonchev–Trinajstić information content (AvgIpc) is 2.74. The van der Waals surface area contributed by atoms with Crippen LogP contribution in [0.2, 0.25) is 0 Å². The highest BCUT2D eigenvalue weighted by molar-refractivity contribution is 6.05. The van der Waals surface area contributed by atoms with Crippen LogP contribution in [0.3, 0.4) is 0 Å². The Balaban J connectivity index is 1.80. The fourth-order valence-electron chi connectivity index (χ4n) is 3.10. The van der Waals surface area contributed by atoms with Gasteiger partial charge in [0.15, 0.2) is 0 Å². The van der Waals surface area contributed by atoms with Crippen molar-refractivity contribution in [2.75, 3.05) is 11.1 Å². The Bertz CT molecular complexity index is 969. The van der Waals surface area contributed by atoms with Gasteiger partial charge in [-0.15, -0.1) is 0 Å². The Labute approximate surface area is 170 Å². The van der Waals surface area contributed by atoms with Gasteiger partial charge in [-0.1, -0.05) is 61.5 Å². The van der Waals surface area contributed by atoms with Gasteiger partial charge in [-0.05, 0) is 41.8 Å². The number of anilines is 2. The molecule has 0 aliphatic heterocycles. The molecule has 0 heterocycles. The van der Waals surface area contributed by atoms with E-state index in [0.29, 0.717) is 23.4 Å². The molecule has 5 nitrogen and oxygen atoms in total. The Kier molecular flexibility index (Phi) is 6.63. The van der Waals surface area contributed by atoms with Crippen LogP contribution in [0.5, 0.6) is 0 Å². The summed E-state index contributed by atoms with van der Waals surface area (Å²) in [5.41, 5.74) is 9.41. The van der Waals surface area contributed by atoms with E-state index in [1.165, 1.54) is 0 Å². The highest BCUT2D eigenvalue weighted by atomic mass is 16.2. The number of amides is 2. The number of nitrogens with two attached hydrogens (primary N) is 1. The van der Waals surface area contributed by atoms with E-state index in [4.69, 9.17) is 5.73 Å². The largest absolute Gasteiger partial charge is 0.397 e. The maximum Gasteiger partial charge on any atom is 0.255 e. The normalized spacial score (nSPS) is 11.5. The first-order valence-electron chi connectivity index (χ1n) is 9.68. The molecule has 2 amide bonds. The van der Waals surface area contributed by atoms with Crippen LogP contribution in [0.25, 0.3) is 0 Å². The second-order valence-electron chi connectivity index (χ2n) is 6.82. The maximum atomic E-state index is 12.5. The Morgan fingerprint density at radius 3 is 2.14 bits per heavy atom. The summed E-state index contributed by atoms with van der Waals surface area (Å²) in [5, 5.41) is 5.91. The lowest BCUT2D eigenvalue weighted by atomic mass is 9.97. The van der Waals surface area contributed by atoms with Crippen molar-refractivity contribution in [1.82, 2.24) is 5.32 Å². The van der Waals surface area contributed by atoms with E-state index >= 15 is 0 Å². The van der Waals surface area contributed by atoms with E-state index in [0.717, 1.165) is 17.5 Å². The summed E-state index contributed by atoms with van der Waals surface area (Å²) in [6, 6.07) is 23.9. The molecule has 0 saturated heterocycles. The number of nitrogens with one attached hydrogen (secondary N) is 2. The van der Waals surface area contributed by atoms with Crippen LogP contribution in [0.1, 0.15) is 47.3 Å². The number of hydrogen-bond acceptors (Lipinski definition) is 3. The summed E-state index contributed by atoms with van der Waals surface area (Å²) in [5.74, 6) is -0.233. The molecule has 0 spiro atoms. The minimum Gasteiger partial charge on any atom is -0.397 e. The smallest absolute Gasteiger partial charge is 0.255 e. The number of nitrogen functional groups attached to an aromatic ring is 1. The molecule has 29 heavy (non-hydrogen) atoms. The fourth-order valence-corrected chi connectivity index (χ4v) is 3.10. The van der Waals surface area contributed by atoms with E-state index in [9.17, 15) is 9.59 Å². The zero-order valence-electron chi connectivity index (χ0n) is 16.4. The van der Waals surface area contributed by atoms with Crippen molar-refractivity contribution in [1.29, 1.82) is 0 Å². The highest BCUT2D eigenvalue weighted by Gasteiger charge is 2.17. The third-order valence-corrected chi connectivity index (χ3v) is 4.63. The predicted molar refractivity (Wildman–Crippen MR) is 117 cm³/mol.